The summed E-state index contributed by atoms with van der Waals surface area (Å²) in [6, 6.07) is 7.56. The zero-order chi connectivity index (χ0) is 24.5. The Morgan fingerprint density at radius 3 is 2.62 bits per heavy atom. The number of cyclic esters (lactones) is 1. The number of halogens is 2. The molecule has 0 radical (unpaired) electrons. The minimum Gasteiger partial charge on any atom is -0.464 e. The highest BCUT2D eigenvalue weighted by atomic mass is 31.2. The highest BCUT2D eigenvalue weighted by Crippen LogP contribution is 2.48. The number of nitrogens with zero attached hydrogens (tertiary/aromatic N) is 1. The van der Waals surface area contributed by atoms with Gasteiger partial charge in [-0.2, -0.15) is 13.9 Å². The van der Waals surface area contributed by atoms with Gasteiger partial charge in [-0.1, -0.05) is 18.2 Å². The summed E-state index contributed by atoms with van der Waals surface area (Å²) < 4.78 is 63.8. The number of alkyl halides is 2. The zero-order valence-electron chi connectivity index (χ0n) is 17.3. The average Bonchev–Trinajstić information content (AvgIpc) is 3.28. The van der Waals surface area contributed by atoms with Gasteiger partial charge in [-0.05, 0) is 12.1 Å². The average molecular weight is 503 g/mol. The number of esters is 1. The molecule has 2 aromatic rings. The number of aliphatic hydroxyl groups is 1. The molecule has 0 saturated carbocycles. The van der Waals surface area contributed by atoms with Crippen LogP contribution >= 0.6 is 7.75 Å². The SMILES string of the molecule is O=C1OCCC1N[P@@](=O)(OC[C@H]1O[C@@H](n2ccc(=O)[nH]c2=O)C(F)(F)[C@@H]1O)Oc1ccccc1. The van der Waals surface area contributed by atoms with Gasteiger partial charge < -0.3 is 19.1 Å². The molecule has 2 fully saturated rings. The van der Waals surface area contributed by atoms with E-state index in [0.717, 1.165) is 12.3 Å². The van der Waals surface area contributed by atoms with Crippen LogP contribution in [0.5, 0.6) is 5.75 Å². The molecule has 15 heteroatoms. The van der Waals surface area contributed by atoms with Gasteiger partial charge in [0.1, 0.15) is 17.9 Å². The highest BCUT2D eigenvalue weighted by molar-refractivity contribution is 7.52. The first-order chi connectivity index (χ1) is 16.1. The molecule has 1 aromatic carbocycles. The maximum absolute atomic E-state index is 14.7. The normalized spacial score (nSPS) is 27.8. The first-order valence-electron chi connectivity index (χ1n) is 10.1. The highest BCUT2D eigenvalue weighted by Gasteiger charge is 2.60. The van der Waals surface area contributed by atoms with Gasteiger partial charge in [0.05, 0.1) is 13.2 Å². The molecular weight excluding hydrogens is 483 g/mol. The number of ether oxygens (including phenoxy) is 2. The lowest BCUT2D eigenvalue weighted by molar-refractivity contribution is -0.141. The molecule has 12 nitrogen and oxygen atoms in total. The quantitative estimate of drug-likeness (QED) is 0.343. The van der Waals surface area contributed by atoms with Crippen molar-refractivity contribution in [2.24, 2.45) is 0 Å². The van der Waals surface area contributed by atoms with Crippen LogP contribution in [0.25, 0.3) is 0 Å². The maximum atomic E-state index is 14.7. The topological polar surface area (TPSA) is 158 Å². The van der Waals surface area contributed by atoms with Crippen molar-refractivity contribution in [3.05, 3.63) is 63.4 Å². The van der Waals surface area contributed by atoms with Crippen LogP contribution in [0.15, 0.2) is 52.2 Å². The van der Waals surface area contributed by atoms with E-state index in [0.29, 0.717) is 4.57 Å². The third kappa shape index (κ3) is 4.95. The summed E-state index contributed by atoms with van der Waals surface area (Å²) in [7, 11) is -4.36. The molecule has 0 aliphatic carbocycles. The van der Waals surface area contributed by atoms with Crippen LogP contribution < -0.4 is 20.9 Å². The van der Waals surface area contributed by atoms with Gasteiger partial charge in [0.2, 0.25) is 6.23 Å². The predicted octanol–water partition coefficient (Wildman–Crippen LogP) is 0.539. The van der Waals surface area contributed by atoms with Crippen LogP contribution in [-0.4, -0.2) is 58.0 Å². The van der Waals surface area contributed by atoms with Gasteiger partial charge in [0, 0.05) is 18.7 Å². The second-order valence-electron chi connectivity index (χ2n) is 7.50. The van der Waals surface area contributed by atoms with Gasteiger partial charge in [0.15, 0.2) is 6.10 Å². The lowest BCUT2D eigenvalue weighted by Crippen LogP contribution is -2.42. The van der Waals surface area contributed by atoms with Crippen molar-refractivity contribution in [1.29, 1.82) is 0 Å². The number of aliphatic hydroxyl groups excluding tert-OH is 1. The van der Waals surface area contributed by atoms with Crippen LogP contribution in [0.1, 0.15) is 12.6 Å². The number of hydrogen-bond donors (Lipinski definition) is 3. The molecule has 0 amide bonds. The predicted molar refractivity (Wildman–Crippen MR) is 109 cm³/mol. The summed E-state index contributed by atoms with van der Waals surface area (Å²) in [4.78, 5) is 36.8. The standard InChI is InChI=1S/C19H20F2N3O9P/c20-19(21)15(26)13(32-17(19)24-8-6-14(25)22-18(24)28)10-31-34(29,23-12-7-9-30-16(12)27)33-11-4-2-1-3-5-11/h1-6,8,12-13,15,17,26H,7,9-10H2,(H,23,29)(H,22,25,28)/t12?,13-,15-,17-,34-/m1/s1. The van der Waals surface area contributed by atoms with Crippen LogP contribution in [0.3, 0.4) is 0 Å². The molecule has 2 aliphatic rings. The van der Waals surface area contributed by atoms with E-state index in [4.69, 9.17) is 18.5 Å². The third-order valence-electron chi connectivity index (χ3n) is 5.11. The molecule has 0 bridgehead atoms. The molecule has 5 atom stereocenters. The number of carbonyl (C=O) groups excluding carboxylic acids is 1. The molecule has 3 N–H and O–H groups in total. The first kappa shape index (κ1) is 24.2. The molecule has 2 saturated heterocycles. The number of para-hydroxylation sites is 1. The number of carbonyl (C=O) groups is 1. The van der Waals surface area contributed by atoms with Gasteiger partial charge in [-0.25, -0.2) is 9.36 Å². The Morgan fingerprint density at radius 1 is 1.24 bits per heavy atom. The summed E-state index contributed by atoms with van der Waals surface area (Å²) in [5.74, 6) is -4.56. The fraction of sp³-hybridized carbons (Fsp3) is 0.421. The van der Waals surface area contributed by atoms with Crippen molar-refractivity contribution in [3.8, 4) is 5.75 Å². The molecular formula is C19H20F2N3O9P. The summed E-state index contributed by atoms with van der Waals surface area (Å²) >= 11 is 0. The lowest BCUT2D eigenvalue weighted by Gasteiger charge is -2.23. The minimum absolute atomic E-state index is 0.0775. The monoisotopic (exact) mass is 503 g/mol. The minimum atomic E-state index is -4.36. The molecule has 4 rings (SSSR count). The number of H-pyrrole nitrogens is 1. The Bertz CT molecular complexity index is 1210. The van der Waals surface area contributed by atoms with Crippen molar-refractivity contribution in [2.45, 2.75) is 36.8 Å². The van der Waals surface area contributed by atoms with Crippen molar-refractivity contribution in [1.82, 2.24) is 14.6 Å². The number of rotatable bonds is 8. The maximum Gasteiger partial charge on any atom is 0.459 e. The number of hydrogen-bond acceptors (Lipinski definition) is 9. The van der Waals surface area contributed by atoms with E-state index in [9.17, 15) is 32.8 Å². The van der Waals surface area contributed by atoms with Crippen molar-refractivity contribution < 1.29 is 41.8 Å². The Labute approximate surface area is 190 Å². The molecule has 1 unspecified atom stereocenters. The molecule has 34 heavy (non-hydrogen) atoms. The van der Waals surface area contributed by atoms with E-state index in [1.54, 1.807) is 18.2 Å². The van der Waals surface area contributed by atoms with E-state index in [2.05, 4.69) is 5.09 Å². The summed E-state index contributed by atoms with van der Waals surface area (Å²) in [6.45, 7) is -0.779. The van der Waals surface area contributed by atoms with Gasteiger partial charge in [-0.15, -0.1) is 0 Å². The Balaban J connectivity index is 1.53. The zero-order valence-corrected chi connectivity index (χ0v) is 18.2. The first-order valence-corrected chi connectivity index (χ1v) is 11.6. The van der Waals surface area contributed by atoms with E-state index in [-0.39, 0.29) is 18.8 Å². The van der Waals surface area contributed by atoms with E-state index < -0.39 is 62.0 Å². The number of aromatic amines is 1. The van der Waals surface area contributed by atoms with Crippen molar-refractivity contribution in [3.63, 3.8) is 0 Å². The second kappa shape index (κ2) is 9.39. The largest absolute Gasteiger partial charge is 0.464 e. The molecule has 2 aliphatic heterocycles. The molecule has 1 aromatic heterocycles. The molecule has 0 spiro atoms. The van der Waals surface area contributed by atoms with E-state index in [1.807, 2.05) is 4.98 Å². The Kier molecular flexibility index (Phi) is 6.69. The number of nitrogens with one attached hydrogen (secondary N) is 2. The molecule has 3 heterocycles. The second-order valence-corrected chi connectivity index (χ2v) is 9.19. The summed E-state index contributed by atoms with van der Waals surface area (Å²) in [6.07, 6.45) is -5.51. The van der Waals surface area contributed by atoms with Gasteiger partial charge in [-0.3, -0.25) is 23.7 Å². The van der Waals surface area contributed by atoms with Crippen molar-refractivity contribution in [2.75, 3.05) is 13.2 Å². The van der Waals surface area contributed by atoms with Gasteiger partial charge >= 0.3 is 25.3 Å². The Morgan fingerprint density at radius 2 is 1.97 bits per heavy atom. The fourth-order valence-electron chi connectivity index (χ4n) is 3.40. The number of aromatic nitrogens is 2. The van der Waals surface area contributed by atoms with Gasteiger partial charge in [0.25, 0.3) is 5.56 Å². The van der Waals surface area contributed by atoms with Crippen LogP contribution in [0, 0.1) is 0 Å². The van der Waals surface area contributed by atoms with Crippen LogP contribution in [-0.2, 0) is 23.4 Å². The smallest absolute Gasteiger partial charge is 0.459 e. The van der Waals surface area contributed by atoms with Crippen LogP contribution in [0.4, 0.5) is 8.78 Å². The number of benzene rings is 1. The summed E-state index contributed by atoms with van der Waals surface area (Å²) in [5, 5.41) is 12.6. The van der Waals surface area contributed by atoms with E-state index in [1.165, 1.54) is 12.1 Å². The fourth-order valence-corrected chi connectivity index (χ4v) is 4.94. The lowest BCUT2D eigenvalue weighted by atomic mass is 10.1. The van der Waals surface area contributed by atoms with E-state index >= 15 is 0 Å². The molecule has 184 valence electrons. The Hall–Kier alpha value is -2.90. The third-order valence-corrected chi connectivity index (χ3v) is 6.68. The van der Waals surface area contributed by atoms with Crippen LogP contribution in [0.2, 0.25) is 0 Å². The van der Waals surface area contributed by atoms with Crippen molar-refractivity contribution >= 4 is 13.7 Å². The summed E-state index contributed by atoms with van der Waals surface area (Å²) in [5.41, 5.74) is -1.98.